The van der Waals surface area contributed by atoms with Gasteiger partial charge in [0.15, 0.2) is 0 Å². The summed E-state index contributed by atoms with van der Waals surface area (Å²) in [4.78, 5) is 27.0. The van der Waals surface area contributed by atoms with Crippen LogP contribution < -0.4 is 5.32 Å². The van der Waals surface area contributed by atoms with Crippen LogP contribution in [0.15, 0.2) is 0 Å². The highest BCUT2D eigenvalue weighted by atomic mass is 16.3. The second kappa shape index (κ2) is 6.56. The summed E-state index contributed by atoms with van der Waals surface area (Å²) in [5, 5.41) is 11.4. The Hall–Kier alpha value is -1.14. The fraction of sp³-hybridized carbons (Fsp3) is 0.818. The number of piperazine rings is 1. The van der Waals surface area contributed by atoms with Gasteiger partial charge in [-0.25, -0.2) is 0 Å². The van der Waals surface area contributed by atoms with Crippen LogP contribution in [0.4, 0.5) is 0 Å². The van der Waals surface area contributed by atoms with Crippen LogP contribution in [0.5, 0.6) is 0 Å². The number of hydrogen-bond acceptors (Lipinski definition) is 4. The highest BCUT2D eigenvalue weighted by Crippen LogP contribution is 2.01. The summed E-state index contributed by atoms with van der Waals surface area (Å²) < 4.78 is 0. The Morgan fingerprint density at radius 1 is 1.29 bits per heavy atom. The molecule has 0 bridgehead atoms. The molecule has 1 aliphatic heterocycles. The lowest BCUT2D eigenvalue weighted by atomic mass is 10.3. The van der Waals surface area contributed by atoms with Crippen LogP contribution in [-0.4, -0.2) is 72.1 Å². The van der Waals surface area contributed by atoms with Crippen molar-refractivity contribution in [3.63, 3.8) is 0 Å². The first-order chi connectivity index (χ1) is 8.04. The van der Waals surface area contributed by atoms with Gasteiger partial charge in [-0.2, -0.15) is 0 Å². The lowest BCUT2D eigenvalue weighted by Gasteiger charge is -2.33. The number of carbonyl (C=O) groups excluding carboxylic acids is 2. The molecule has 6 nitrogen and oxygen atoms in total. The number of rotatable bonds is 3. The summed E-state index contributed by atoms with van der Waals surface area (Å²) in [6.45, 7) is 7.52. The first-order valence-corrected chi connectivity index (χ1v) is 6.02. The number of hydrogen-bond donors (Lipinski definition) is 2. The highest BCUT2D eigenvalue weighted by Gasteiger charge is 2.25. The normalized spacial score (nSPS) is 18.9. The van der Waals surface area contributed by atoms with Crippen molar-refractivity contribution in [2.75, 3.05) is 39.3 Å². The van der Waals surface area contributed by atoms with Crippen molar-refractivity contribution in [3.8, 4) is 0 Å². The van der Waals surface area contributed by atoms with E-state index in [1.807, 2.05) is 0 Å². The van der Waals surface area contributed by atoms with Crippen molar-refractivity contribution in [2.45, 2.75) is 20.0 Å². The van der Waals surface area contributed by atoms with Crippen LogP contribution in [0.2, 0.25) is 0 Å². The maximum Gasteiger partial charge on any atom is 0.311 e. The summed E-state index contributed by atoms with van der Waals surface area (Å²) in [5.41, 5.74) is 0. The third-order valence-corrected chi connectivity index (χ3v) is 2.86. The first-order valence-electron chi connectivity index (χ1n) is 6.02. The van der Waals surface area contributed by atoms with Crippen molar-refractivity contribution in [2.24, 2.45) is 0 Å². The standard InChI is InChI=1S/C11H21N3O3/c1-3-13-4-6-14(7-5-13)11(17)10(16)12-8-9(2)15/h9,15H,3-8H2,1-2H3,(H,12,16). The molecule has 1 unspecified atom stereocenters. The second-order valence-corrected chi connectivity index (χ2v) is 4.29. The summed E-state index contributed by atoms with van der Waals surface area (Å²) in [7, 11) is 0. The minimum absolute atomic E-state index is 0.111. The molecule has 1 rings (SSSR count). The molecule has 0 saturated carbocycles. The van der Waals surface area contributed by atoms with E-state index in [0.29, 0.717) is 13.1 Å². The number of aliphatic hydroxyl groups is 1. The van der Waals surface area contributed by atoms with Gasteiger partial charge < -0.3 is 20.2 Å². The maximum atomic E-state index is 11.7. The van der Waals surface area contributed by atoms with Gasteiger partial charge in [-0.3, -0.25) is 9.59 Å². The smallest absolute Gasteiger partial charge is 0.311 e. The monoisotopic (exact) mass is 243 g/mol. The molecule has 1 fully saturated rings. The minimum Gasteiger partial charge on any atom is -0.392 e. The van der Waals surface area contributed by atoms with Crippen LogP contribution in [0.25, 0.3) is 0 Å². The van der Waals surface area contributed by atoms with Gasteiger partial charge >= 0.3 is 11.8 Å². The molecule has 6 heteroatoms. The van der Waals surface area contributed by atoms with Crippen LogP contribution in [0.3, 0.4) is 0 Å². The summed E-state index contributed by atoms with van der Waals surface area (Å²) >= 11 is 0. The van der Waals surface area contributed by atoms with E-state index in [9.17, 15) is 9.59 Å². The van der Waals surface area contributed by atoms with E-state index >= 15 is 0 Å². The maximum absolute atomic E-state index is 11.7. The van der Waals surface area contributed by atoms with E-state index in [0.717, 1.165) is 19.6 Å². The van der Waals surface area contributed by atoms with Gasteiger partial charge in [0, 0.05) is 32.7 Å². The Balaban J connectivity index is 2.35. The van der Waals surface area contributed by atoms with Gasteiger partial charge in [-0.05, 0) is 13.5 Å². The largest absolute Gasteiger partial charge is 0.392 e. The van der Waals surface area contributed by atoms with Crippen molar-refractivity contribution in [1.82, 2.24) is 15.1 Å². The van der Waals surface area contributed by atoms with Crippen LogP contribution in [0, 0.1) is 0 Å². The molecule has 0 aromatic rings. The summed E-state index contributed by atoms with van der Waals surface area (Å²) in [6.07, 6.45) is -0.635. The van der Waals surface area contributed by atoms with Gasteiger partial charge in [0.2, 0.25) is 0 Å². The molecule has 2 amide bonds. The second-order valence-electron chi connectivity index (χ2n) is 4.29. The molecule has 0 aliphatic carbocycles. The van der Waals surface area contributed by atoms with Crippen LogP contribution in [0.1, 0.15) is 13.8 Å². The number of carbonyl (C=O) groups is 2. The third kappa shape index (κ3) is 4.32. The molecule has 1 heterocycles. The molecule has 98 valence electrons. The number of amides is 2. The van der Waals surface area contributed by atoms with E-state index in [2.05, 4.69) is 17.1 Å². The van der Waals surface area contributed by atoms with Gasteiger partial charge in [0.25, 0.3) is 0 Å². The highest BCUT2D eigenvalue weighted by molar-refractivity contribution is 6.35. The van der Waals surface area contributed by atoms with Crippen molar-refractivity contribution < 1.29 is 14.7 Å². The van der Waals surface area contributed by atoms with E-state index in [1.165, 1.54) is 0 Å². The number of nitrogens with one attached hydrogen (secondary N) is 1. The number of aliphatic hydroxyl groups excluding tert-OH is 1. The predicted molar refractivity (Wildman–Crippen MR) is 63.4 cm³/mol. The van der Waals surface area contributed by atoms with Crippen LogP contribution >= 0.6 is 0 Å². The van der Waals surface area contributed by atoms with Crippen molar-refractivity contribution in [3.05, 3.63) is 0 Å². The average molecular weight is 243 g/mol. The minimum atomic E-state index is -0.635. The fourth-order valence-electron chi connectivity index (χ4n) is 1.73. The fourth-order valence-corrected chi connectivity index (χ4v) is 1.73. The van der Waals surface area contributed by atoms with Gasteiger partial charge in [-0.1, -0.05) is 6.92 Å². The zero-order valence-corrected chi connectivity index (χ0v) is 10.5. The Kier molecular flexibility index (Phi) is 5.37. The molecule has 0 radical (unpaired) electrons. The lowest BCUT2D eigenvalue weighted by molar-refractivity contribution is -0.147. The molecule has 0 aromatic heterocycles. The SMILES string of the molecule is CCN1CCN(C(=O)C(=O)NCC(C)O)CC1. The zero-order valence-electron chi connectivity index (χ0n) is 10.5. The molecule has 1 saturated heterocycles. The zero-order chi connectivity index (χ0) is 12.8. The van der Waals surface area contributed by atoms with E-state index in [1.54, 1.807) is 11.8 Å². The van der Waals surface area contributed by atoms with Gasteiger partial charge in [0.1, 0.15) is 0 Å². The Bertz CT molecular complexity index is 273. The molecule has 1 atom stereocenters. The van der Waals surface area contributed by atoms with Crippen molar-refractivity contribution >= 4 is 11.8 Å². The van der Waals surface area contributed by atoms with E-state index in [4.69, 9.17) is 5.11 Å². The molecular weight excluding hydrogens is 222 g/mol. The summed E-state index contributed by atoms with van der Waals surface area (Å²) in [6, 6.07) is 0. The number of likely N-dealkylation sites (N-methyl/N-ethyl adjacent to an activating group) is 1. The molecule has 17 heavy (non-hydrogen) atoms. The van der Waals surface area contributed by atoms with Crippen LogP contribution in [-0.2, 0) is 9.59 Å². The lowest BCUT2D eigenvalue weighted by Crippen LogP contribution is -2.52. The Labute approximate surface area is 102 Å². The topological polar surface area (TPSA) is 72.9 Å². The predicted octanol–water partition coefficient (Wildman–Crippen LogP) is -1.35. The molecule has 0 aromatic carbocycles. The number of nitrogens with zero attached hydrogens (tertiary/aromatic N) is 2. The van der Waals surface area contributed by atoms with Gasteiger partial charge in [-0.15, -0.1) is 0 Å². The molecule has 0 spiro atoms. The quantitative estimate of drug-likeness (QED) is 0.601. The molecule has 2 N–H and O–H groups in total. The first kappa shape index (κ1) is 13.9. The Morgan fingerprint density at radius 3 is 2.35 bits per heavy atom. The third-order valence-electron chi connectivity index (χ3n) is 2.86. The van der Waals surface area contributed by atoms with E-state index < -0.39 is 17.9 Å². The summed E-state index contributed by atoms with van der Waals surface area (Å²) in [5.74, 6) is -1.13. The molecular formula is C11H21N3O3. The molecule has 1 aliphatic rings. The van der Waals surface area contributed by atoms with Gasteiger partial charge in [0.05, 0.1) is 6.10 Å². The average Bonchev–Trinajstić information content (AvgIpc) is 2.35. The van der Waals surface area contributed by atoms with Crippen molar-refractivity contribution in [1.29, 1.82) is 0 Å². The van der Waals surface area contributed by atoms with E-state index in [-0.39, 0.29) is 6.54 Å². The Morgan fingerprint density at radius 2 is 1.88 bits per heavy atom.